The van der Waals surface area contributed by atoms with Gasteiger partial charge in [-0.25, -0.2) is 4.39 Å². The number of allylic oxidation sites excluding steroid dienone is 2. The number of benzene rings is 1. The summed E-state index contributed by atoms with van der Waals surface area (Å²) in [5, 5.41) is 2.67. The van der Waals surface area contributed by atoms with Gasteiger partial charge in [0.15, 0.2) is 0 Å². The summed E-state index contributed by atoms with van der Waals surface area (Å²) < 4.78 is 13.0. The van der Waals surface area contributed by atoms with E-state index >= 15 is 0 Å². The number of carbonyl (C=O) groups excluding carboxylic acids is 3. The van der Waals surface area contributed by atoms with E-state index in [0.29, 0.717) is 5.69 Å². The Kier molecular flexibility index (Phi) is 3.87. The van der Waals surface area contributed by atoms with Crippen LogP contribution in [0.4, 0.5) is 10.1 Å². The second kappa shape index (κ2) is 5.95. The lowest BCUT2D eigenvalue weighted by Gasteiger charge is -2.17. The maximum absolute atomic E-state index is 13.0. The maximum Gasteiger partial charge on any atom is 0.233 e. The minimum absolute atomic E-state index is 0.0204. The van der Waals surface area contributed by atoms with E-state index < -0.39 is 5.82 Å². The van der Waals surface area contributed by atoms with Gasteiger partial charge in [-0.15, -0.1) is 0 Å². The highest BCUT2D eigenvalue weighted by atomic mass is 35.5. The monoisotopic (exact) mass is 362 g/mol. The lowest BCUT2D eigenvalue weighted by molar-refractivity contribution is -0.140. The molecule has 1 aromatic rings. The van der Waals surface area contributed by atoms with Gasteiger partial charge in [-0.2, -0.15) is 0 Å². The quantitative estimate of drug-likeness (QED) is 0.661. The fraction of sp³-hybridized carbons (Fsp3) is 0.389. The van der Waals surface area contributed by atoms with Crippen LogP contribution in [0.1, 0.15) is 12.8 Å². The second-order valence-corrected chi connectivity index (χ2v) is 7.16. The molecule has 2 fully saturated rings. The lowest BCUT2D eigenvalue weighted by atomic mass is 9.85. The van der Waals surface area contributed by atoms with Crippen LogP contribution in [0.25, 0.3) is 0 Å². The number of rotatable bonds is 4. The van der Waals surface area contributed by atoms with Gasteiger partial charge in [-0.1, -0.05) is 23.8 Å². The van der Waals surface area contributed by atoms with E-state index in [1.807, 2.05) is 12.2 Å². The summed E-state index contributed by atoms with van der Waals surface area (Å²) in [6.07, 6.45) is 4.92. The molecular formula is C18H16ClFN2O3. The summed E-state index contributed by atoms with van der Waals surface area (Å²) in [7, 11) is 0. The second-order valence-electron chi connectivity index (χ2n) is 6.75. The lowest BCUT2D eigenvalue weighted by Crippen LogP contribution is -2.35. The maximum atomic E-state index is 13.0. The molecule has 2 aliphatic carbocycles. The molecule has 3 aliphatic rings. The van der Waals surface area contributed by atoms with Crippen molar-refractivity contribution in [1.29, 1.82) is 0 Å². The highest BCUT2D eigenvalue weighted by molar-refractivity contribution is 6.33. The third-order valence-corrected chi connectivity index (χ3v) is 5.64. The zero-order valence-electron chi connectivity index (χ0n) is 13.2. The van der Waals surface area contributed by atoms with E-state index in [4.69, 9.17) is 11.6 Å². The van der Waals surface area contributed by atoms with Crippen LogP contribution in [-0.4, -0.2) is 29.2 Å². The first-order chi connectivity index (χ1) is 12.0. The summed E-state index contributed by atoms with van der Waals surface area (Å²) >= 11 is 5.87. The van der Waals surface area contributed by atoms with Crippen LogP contribution < -0.4 is 5.32 Å². The first-order valence-electron chi connectivity index (χ1n) is 8.24. The van der Waals surface area contributed by atoms with E-state index in [-0.39, 0.29) is 59.4 Å². The standard InChI is InChI=1S/C18H16ClFN2O3/c19-12-8-11(20)3-4-13(12)21-14(23)5-6-22-17(24)15-9-1-2-10(7-9)16(15)18(22)25/h1-4,8-10,15-16H,5-7H2,(H,21,23)/t9-,10-,15-,16+/m0/s1. The van der Waals surface area contributed by atoms with Crippen molar-refractivity contribution in [3.05, 3.63) is 41.2 Å². The summed E-state index contributed by atoms with van der Waals surface area (Å²) in [5.74, 6) is -1.40. The first kappa shape index (κ1) is 16.3. The number of hydrogen-bond donors (Lipinski definition) is 1. The number of amides is 3. The minimum Gasteiger partial charge on any atom is -0.325 e. The zero-order valence-corrected chi connectivity index (χ0v) is 14.0. The molecule has 1 saturated heterocycles. The van der Waals surface area contributed by atoms with Gasteiger partial charge in [-0.05, 0) is 36.5 Å². The molecule has 1 aromatic carbocycles. The van der Waals surface area contributed by atoms with Gasteiger partial charge >= 0.3 is 0 Å². The van der Waals surface area contributed by atoms with Crippen molar-refractivity contribution in [3.63, 3.8) is 0 Å². The first-order valence-corrected chi connectivity index (χ1v) is 8.62. The Balaban J connectivity index is 1.38. The summed E-state index contributed by atoms with van der Waals surface area (Å²) in [6.45, 7) is 0.0504. The van der Waals surface area contributed by atoms with Crippen LogP contribution in [0.3, 0.4) is 0 Å². The van der Waals surface area contributed by atoms with Crippen LogP contribution in [-0.2, 0) is 14.4 Å². The highest BCUT2D eigenvalue weighted by Crippen LogP contribution is 2.52. The molecule has 0 radical (unpaired) electrons. The van der Waals surface area contributed by atoms with Gasteiger partial charge in [0.2, 0.25) is 17.7 Å². The van der Waals surface area contributed by atoms with Crippen LogP contribution in [0.5, 0.6) is 0 Å². The van der Waals surface area contributed by atoms with Gasteiger partial charge < -0.3 is 5.32 Å². The molecule has 130 valence electrons. The van der Waals surface area contributed by atoms with Crippen LogP contribution in [0, 0.1) is 29.5 Å². The van der Waals surface area contributed by atoms with Crippen molar-refractivity contribution in [2.75, 3.05) is 11.9 Å². The molecule has 25 heavy (non-hydrogen) atoms. The van der Waals surface area contributed by atoms with Crippen LogP contribution in [0.15, 0.2) is 30.4 Å². The molecule has 1 saturated carbocycles. The Bertz CT molecular complexity index is 780. The summed E-state index contributed by atoms with van der Waals surface area (Å²) in [4.78, 5) is 38.4. The Morgan fingerprint density at radius 2 is 1.84 bits per heavy atom. The molecule has 2 bridgehead atoms. The number of fused-ring (bicyclic) bond motifs is 5. The van der Waals surface area contributed by atoms with Gasteiger partial charge in [0.25, 0.3) is 0 Å². The molecule has 1 heterocycles. The van der Waals surface area contributed by atoms with Gasteiger partial charge in [0.05, 0.1) is 22.5 Å². The van der Waals surface area contributed by atoms with Crippen molar-refractivity contribution < 1.29 is 18.8 Å². The topological polar surface area (TPSA) is 66.5 Å². The number of anilines is 1. The van der Waals surface area contributed by atoms with E-state index in [0.717, 1.165) is 12.5 Å². The number of likely N-dealkylation sites (tertiary alicyclic amines) is 1. The normalized spacial score (nSPS) is 29.4. The van der Waals surface area contributed by atoms with E-state index in [1.165, 1.54) is 17.0 Å². The summed E-state index contributed by atoms with van der Waals surface area (Å²) in [6, 6.07) is 3.67. The Hall–Kier alpha value is -2.21. The number of hydrogen-bond acceptors (Lipinski definition) is 3. The van der Waals surface area contributed by atoms with Crippen molar-refractivity contribution in [2.24, 2.45) is 23.7 Å². The average molecular weight is 363 g/mol. The Labute approximate surface area is 148 Å². The largest absolute Gasteiger partial charge is 0.325 e. The molecule has 0 aromatic heterocycles. The third-order valence-electron chi connectivity index (χ3n) is 5.33. The van der Waals surface area contributed by atoms with Crippen molar-refractivity contribution >= 4 is 35.0 Å². The van der Waals surface area contributed by atoms with Gasteiger partial charge in [0, 0.05) is 13.0 Å². The SMILES string of the molecule is O=C(CCN1C(=O)[C@@H]2[C@H](C1=O)[C@H]1C=C[C@H]2C1)Nc1ccc(F)cc1Cl. The van der Waals surface area contributed by atoms with E-state index in [9.17, 15) is 18.8 Å². The minimum atomic E-state index is -0.494. The van der Waals surface area contributed by atoms with E-state index in [1.54, 1.807) is 0 Å². The van der Waals surface area contributed by atoms with Crippen molar-refractivity contribution in [3.8, 4) is 0 Å². The third kappa shape index (κ3) is 2.65. The predicted octanol–water partition coefficient (Wildman–Crippen LogP) is 2.61. The predicted molar refractivity (Wildman–Crippen MR) is 89.1 cm³/mol. The van der Waals surface area contributed by atoms with Gasteiger partial charge in [-0.3, -0.25) is 19.3 Å². The van der Waals surface area contributed by atoms with Crippen molar-refractivity contribution in [1.82, 2.24) is 4.90 Å². The number of nitrogens with one attached hydrogen (secondary N) is 1. The molecule has 1 N–H and O–H groups in total. The molecule has 0 unspecified atom stereocenters. The molecule has 1 aliphatic heterocycles. The van der Waals surface area contributed by atoms with E-state index in [2.05, 4.69) is 5.32 Å². The molecule has 5 nitrogen and oxygen atoms in total. The molecule has 3 amide bonds. The molecule has 4 rings (SSSR count). The number of halogens is 2. The number of imide groups is 1. The van der Waals surface area contributed by atoms with Crippen LogP contribution >= 0.6 is 11.6 Å². The molecule has 7 heteroatoms. The fourth-order valence-corrected chi connectivity index (χ4v) is 4.42. The Morgan fingerprint density at radius 3 is 2.44 bits per heavy atom. The highest BCUT2D eigenvalue weighted by Gasteiger charge is 2.58. The Morgan fingerprint density at radius 1 is 1.20 bits per heavy atom. The van der Waals surface area contributed by atoms with Gasteiger partial charge in [0.1, 0.15) is 5.82 Å². The summed E-state index contributed by atoms with van der Waals surface area (Å²) in [5.41, 5.74) is 0.297. The average Bonchev–Trinajstić information content (AvgIpc) is 3.23. The fourth-order valence-electron chi connectivity index (χ4n) is 4.20. The van der Waals surface area contributed by atoms with Crippen molar-refractivity contribution in [2.45, 2.75) is 12.8 Å². The molecule has 0 spiro atoms. The number of nitrogens with zero attached hydrogens (tertiary/aromatic N) is 1. The van der Waals surface area contributed by atoms with Crippen LogP contribution in [0.2, 0.25) is 5.02 Å². The number of carbonyl (C=O) groups is 3. The molecule has 4 atom stereocenters. The zero-order chi connectivity index (χ0) is 17.7. The smallest absolute Gasteiger partial charge is 0.233 e. The molecular weight excluding hydrogens is 347 g/mol.